The Morgan fingerprint density at radius 2 is 0.926 bits per heavy atom. The predicted molar refractivity (Wildman–Crippen MR) is 233 cm³/mol. The maximum atomic E-state index is 6.80. The first-order valence-corrected chi connectivity index (χ1v) is 19.3. The molecule has 0 aliphatic heterocycles. The van der Waals surface area contributed by atoms with Gasteiger partial charge in [-0.15, -0.1) is 11.3 Å². The van der Waals surface area contributed by atoms with Gasteiger partial charge in [0, 0.05) is 36.3 Å². The first-order valence-electron chi connectivity index (χ1n) is 18.5. The first-order chi connectivity index (χ1) is 26.8. The van der Waals surface area contributed by atoms with Gasteiger partial charge in [-0.05, 0) is 95.3 Å². The highest BCUT2D eigenvalue weighted by Crippen LogP contribution is 2.49. The van der Waals surface area contributed by atoms with Crippen molar-refractivity contribution in [3.8, 4) is 33.4 Å². The van der Waals surface area contributed by atoms with Gasteiger partial charge in [0.15, 0.2) is 0 Å². The van der Waals surface area contributed by atoms with Gasteiger partial charge in [0.25, 0.3) is 0 Å². The molecule has 0 saturated carbocycles. The van der Waals surface area contributed by atoms with E-state index < -0.39 is 0 Å². The normalized spacial score (nSPS) is 12.1. The van der Waals surface area contributed by atoms with Crippen LogP contribution < -0.4 is 0 Å². The van der Waals surface area contributed by atoms with Gasteiger partial charge in [0.05, 0.1) is 0 Å². The number of hydrogen-bond donors (Lipinski definition) is 0. The summed E-state index contributed by atoms with van der Waals surface area (Å²) in [6.07, 6.45) is 0. The zero-order chi connectivity index (χ0) is 35.3. The van der Waals surface area contributed by atoms with E-state index in [-0.39, 0.29) is 0 Å². The van der Waals surface area contributed by atoms with Crippen molar-refractivity contribution in [1.29, 1.82) is 0 Å². The summed E-state index contributed by atoms with van der Waals surface area (Å²) in [5.41, 5.74) is 9.27. The largest absolute Gasteiger partial charge is 0.455 e. The van der Waals surface area contributed by atoms with Crippen LogP contribution in [0.15, 0.2) is 186 Å². The molecule has 0 bridgehead atoms. The standard InChI is InChI=1S/C52H30OS/c1-2-17-35-31(13-1)14-12-25-36(35)48-39-20-5-3-18-37(39)47(38-19-4-6-21-40(38)48)34-16-11-15-32(29-34)33-27-28-45-44(30-33)49-41-22-7-8-23-42(41)52-50(51(49)53-45)43-24-9-10-26-46(43)54-52/h1-30H. The molecule has 12 aromatic rings. The number of furan rings is 1. The van der Waals surface area contributed by atoms with Crippen molar-refractivity contribution in [2.45, 2.75) is 0 Å². The number of hydrogen-bond acceptors (Lipinski definition) is 2. The van der Waals surface area contributed by atoms with Gasteiger partial charge in [-0.25, -0.2) is 0 Å². The Hall–Kier alpha value is -6.74. The highest BCUT2D eigenvalue weighted by Gasteiger charge is 2.21. The Morgan fingerprint density at radius 3 is 1.70 bits per heavy atom. The molecule has 0 spiro atoms. The molecule has 0 unspecified atom stereocenters. The maximum Gasteiger partial charge on any atom is 0.145 e. The van der Waals surface area contributed by atoms with Gasteiger partial charge in [0.2, 0.25) is 0 Å². The first kappa shape index (κ1) is 29.8. The number of rotatable bonds is 3. The second kappa shape index (κ2) is 11.4. The van der Waals surface area contributed by atoms with Crippen molar-refractivity contribution in [3.05, 3.63) is 182 Å². The lowest BCUT2D eigenvalue weighted by molar-refractivity contribution is 0.673. The molecular formula is C52H30OS. The summed E-state index contributed by atoms with van der Waals surface area (Å²) in [5.74, 6) is 0. The third-order valence-electron chi connectivity index (χ3n) is 11.4. The Balaban J connectivity index is 1.10. The Morgan fingerprint density at radius 1 is 0.352 bits per heavy atom. The van der Waals surface area contributed by atoms with Crippen LogP contribution in [0.3, 0.4) is 0 Å². The molecule has 0 N–H and O–H groups in total. The third-order valence-corrected chi connectivity index (χ3v) is 12.6. The number of benzene rings is 10. The van der Waals surface area contributed by atoms with Gasteiger partial charge in [0.1, 0.15) is 11.2 Å². The summed E-state index contributed by atoms with van der Waals surface area (Å²) in [7, 11) is 0. The monoisotopic (exact) mass is 702 g/mol. The zero-order valence-electron chi connectivity index (χ0n) is 29.1. The summed E-state index contributed by atoms with van der Waals surface area (Å²) in [6, 6.07) is 66.6. The van der Waals surface area contributed by atoms with Gasteiger partial charge in [-0.1, -0.05) is 158 Å². The lowest BCUT2D eigenvalue weighted by Crippen LogP contribution is -1.92. The maximum absolute atomic E-state index is 6.80. The summed E-state index contributed by atoms with van der Waals surface area (Å²) in [6.45, 7) is 0. The van der Waals surface area contributed by atoms with Crippen LogP contribution in [0.5, 0.6) is 0 Å². The van der Waals surface area contributed by atoms with Crippen molar-refractivity contribution in [3.63, 3.8) is 0 Å². The highest BCUT2D eigenvalue weighted by atomic mass is 32.1. The summed E-state index contributed by atoms with van der Waals surface area (Å²) in [4.78, 5) is 0. The molecule has 0 atom stereocenters. The van der Waals surface area contributed by atoms with Gasteiger partial charge in [-0.3, -0.25) is 0 Å². The van der Waals surface area contributed by atoms with Gasteiger partial charge >= 0.3 is 0 Å². The minimum Gasteiger partial charge on any atom is -0.455 e. The third kappa shape index (κ3) is 4.20. The second-order valence-electron chi connectivity index (χ2n) is 14.3. The average Bonchev–Trinajstić information content (AvgIpc) is 3.82. The van der Waals surface area contributed by atoms with Crippen molar-refractivity contribution in [2.75, 3.05) is 0 Å². The van der Waals surface area contributed by atoms with Gasteiger partial charge in [-0.2, -0.15) is 0 Å². The molecule has 54 heavy (non-hydrogen) atoms. The molecule has 2 heterocycles. The van der Waals surface area contributed by atoms with Crippen LogP contribution in [-0.4, -0.2) is 0 Å². The van der Waals surface area contributed by atoms with E-state index in [9.17, 15) is 0 Å². The number of thiophene rings is 1. The van der Waals surface area contributed by atoms with Crippen molar-refractivity contribution < 1.29 is 4.42 Å². The van der Waals surface area contributed by atoms with E-state index in [0.717, 1.165) is 16.6 Å². The lowest BCUT2D eigenvalue weighted by atomic mass is 9.84. The van der Waals surface area contributed by atoms with Crippen LogP contribution in [0.1, 0.15) is 0 Å². The molecule has 0 aliphatic carbocycles. The molecule has 0 aliphatic rings. The topological polar surface area (TPSA) is 13.1 Å². The van der Waals surface area contributed by atoms with Crippen LogP contribution >= 0.6 is 11.3 Å². The van der Waals surface area contributed by atoms with E-state index in [0.29, 0.717) is 0 Å². The van der Waals surface area contributed by atoms with Crippen molar-refractivity contribution >= 4 is 96.5 Å². The van der Waals surface area contributed by atoms with Crippen molar-refractivity contribution in [2.24, 2.45) is 0 Å². The molecule has 2 heteroatoms. The lowest BCUT2D eigenvalue weighted by Gasteiger charge is -2.19. The molecule has 250 valence electrons. The van der Waals surface area contributed by atoms with E-state index in [1.165, 1.54) is 102 Å². The van der Waals surface area contributed by atoms with Crippen LogP contribution in [0.4, 0.5) is 0 Å². The Bertz CT molecular complexity index is 3450. The Labute approximate surface area is 314 Å². The van der Waals surface area contributed by atoms with E-state index in [2.05, 4.69) is 182 Å². The minimum absolute atomic E-state index is 0.916. The second-order valence-corrected chi connectivity index (χ2v) is 15.4. The van der Waals surface area contributed by atoms with Gasteiger partial charge < -0.3 is 4.42 Å². The van der Waals surface area contributed by atoms with Crippen LogP contribution in [0, 0.1) is 0 Å². The highest BCUT2D eigenvalue weighted by molar-refractivity contribution is 7.27. The van der Waals surface area contributed by atoms with E-state index in [1.807, 2.05) is 11.3 Å². The molecular weight excluding hydrogens is 673 g/mol. The van der Waals surface area contributed by atoms with Crippen LogP contribution in [-0.2, 0) is 0 Å². The molecule has 2 aromatic heterocycles. The fraction of sp³-hybridized carbons (Fsp3) is 0. The van der Waals surface area contributed by atoms with E-state index >= 15 is 0 Å². The smallest absolute Gasteiger partial charge is 0.145 e. The quantitative estimate of drug-likeness (QED) is 0.167. The summed E-state index contributed by atoms with van der Waals surface area (Å²) >= 11 is 1.86. The molecule has 0 amide bonds. The molecule has 0 saturated heterocycles. The molecule has 0 fully saturated rings. The number of fused-ring (bicyclic) bond motifs is 13. The fourth-order valence-electron chi connectivity index (χ4n) is 9.11. The molecule has 12 rings (SSSR count). The average molecular weight is 703 g/mol. The van der Waals surface area contributed by atoms with Crippen molar-refractivity contribution in [1.82, 2.24) is 0 Å². The van der Waals surface area contributed by atoms with Crippen LogP contribution in [0.25, 0.3) is 119 Å². The fourth-order valence-corrected chi connectivity index (χ4v) is 10.3. The zero-order valence-corrected chi connectivity index (χ0v) is 30.0. The van der Waals surface area contributed by atoms with E-state index in [4.69, 9.17) is 4.42 Å². The SMILES string of the molecule is c1cc(-c2ccc3oc4c(c3c2)c2ccccc2c2sc3ccccc3c42)cc(-c2c3ccccc3c(-c3cccc4ccccc34)c3ccccc23)c1. The molecule has 10 aromatic carbocycles. The molecule has 1 nitrogen and oxygen atoms in total. The summed E-state index contributed by atoms with van der Waals surface area (Å²) in [5, 5.41) is 14.9. The van der Waals surface area contributed by atoms with Crippen LogP contribution in [0.2, 0.25) is 0 Å². The predicted octanol–water partition coefficient (Wildman–Crippen LogP) is 15.6. The summed E-state index contributed by atoms with van der Waals surface area (Å²) < 4.78 is 9.38. The minimum atomic E-state index is 0.916. The van der Waals surface area contributed by atoms with E-state index in [1.54, 1.807) is 0 Å². The Kier molecular flexibility index (Phi) is 6.28. The molecule has 0 radical (unpaired) electrons.